The molecule has 0 spiro atoms. The molecule has 1 aromatic rings. The number of halogens is 1. The summed E-state index contributed by atoms with van der Waals surface area (Å²) in [5.41, 5.74) is 0.900. The van der Waals surface area contributed by atoms with E-state index in [0.29, 0.717) is 12.4 Å². The molecule has 0 radical (unpaired) electrons. The van der Waals surface area contributed by atoms with Gasteiger partial charge in [-0.3, -0.25) is 0 Å². The zero-order chi connectivity index (χ0) is 12.7. The molecule has 0 saturated heterocycles. The van der Waals surface area contributed by atoms with Crippen LogP contribution < -0.4 is 15.3 Å². The van der Waals surface area contributed by atoms with Crippen molar-refractivity contribution in [3.8, 4) is 11.5 Å². The standard InChI is InChI=1S/C12H17IN2O2/c1-3-4-5-17-12-10(13)6-9(8-15-14)7-11(12)16-2/h6-8H,3-5,14H2,1-2H3. The second-order valence-corrected chi connectivity index (χ2v) is 4.68. The third-order valence-corrected chi connectivity index (χ3v) is 3.02. The van der Waals surface area contributed by atoms with Gasteiger partial charge < -0.3 is 15.3 Å². The summed E-state index contributed by atoms with van der Waals surface area (Å²) in [7, 11) is 1.63. The molecular weight excluding hydrogens is 331 g/mol. The largest absolute Gasteiger partial charge is 0.493 e. The zero-order valence-corrected chi connectivity index (χ0v) is 12.2. The van der Waals surface area contributed by atoms with Crippen LogP contribution in [0.15, 0.2) is 17.2 Å². The topological polar surface area (TPSA) is 56.8 Å². The van der Waals surface area contributed by atoms with Crippen LogP contribution in [0.2, 0.25) is 0 Å². The maximum absolute atomic E-state index is 5.72. The van der Waals surface area contributed by atoms with Crippen LogP contribution in [0.1, 0.15) is 25.3 Å². The molecule has 0 heterocycles. The molecule has 1 aromatic carbocycles. The van der Waals surface area contributed by atoms with Crippen molar-refractivity contribution < 1.29 is 9.47 Å². The van der Waals surface area contributed by atoms with Crippen molar-refractivity contribution in [3.63, 3.8) is 0 Å². The average Bonchev–Trinajstić information content (AvgIpc) is 2.32. The fourth-order valence-electron chi connectivity index (χ4n) is 1.36. The van der Waals surface area contributed by atoms with Crippen LogP contribution >= 0.6 is 22.6 Å². The predicted molar refractivity (Wildman–Crippen MR) is 77.9 cm³/mol. The smallest absolute Gasteiger partial charge is 0.174 e. The van der Waals surface area contributed by atoms with Gasteiger partial charge >= 0.3 is 0 Å². The summed E-state index contributed by atoms with van der Waals surface area (Å²) in [4.78, 5) is 0. The minimum atomic E-state index is 0.702. The van der Waals surface area contributed by atoms with Gasteiger partial charge in [-0.25, -0.2) is 0 Å². The van der Waals surface area contributed by atoms with Crippen LogP contribution in [0, 0.1) is 3.57 Å². The van der Waals surface area contributed by atoms with Gasteiger partial charge in [0.1, 0.15) is 0 Å². The number of hydrogen-bond donors (Lipinski definition) is 1. The number of benzene rings is 1. The van der Waals surface area contributed by atoms with Crippen molar-refractivity contribution in [1.29, 1.82) is 0 Å². The molecule has 0 amide bonds. The molecule has 0 saturated carbocycles. The number of rotatable bonds is 6. The molecule has 5 heteroatoms. The van der Waals surface area contributed by atoms with Crippen molar-refractivity contribution in [2.75, 3.05) is 13.7 Å². The van der Waals surface area contributed by atoms with E-state index < -0.39 is 0 Å². The highest BCUT2D eigenvalue weighted by molar-refractivity contribution is 14.1. The predicted octanol–water partition coefficient (Wildman–Crippen LogP) is 2.77. The minimum Gasteiger partial charge on any atom is -0.493 e. The lowest BCUT2D eigenvalue weighted by atomic mass is 10.2. The van der Waals surface area contributed by atoms with Crippen molar-refractivity contribution in [1.82, 2.24) is 0 Å². The molecule has 1 rings (SSSR count). The molecule has 0 fully saturated rings. The second kappa shape index (κ2) is 7.37. The Hall–Kier alpha value is -0.980. The Bertz CT molecular complexity index is 394. The van der Waals surface area contributed by atoms with E-state index in [0.717, 1.165) is 27.7 Å². The Morgan fingerprint density at radius 1 is 1.47 bits per heavy atom. The maximum Gasteiger partial charge on any atom is 0.174 e. The van der Waals surface area contributed by atoms with Gasteiger partial charge in [-0.2, -0.15) is 5.10 Å². The van der Waals surface area contributed by atoms with Crippen LogP contribution in [0.5, 0.6) is 11.5 Å². The molecule has 0 aliphatic rings. The molecule has 2 N–H and O–H groups in total. The van der Waals surface area contributed by atoms with E-state index in [1.54, 1.807) is 13.3 Å². The van der Waals surface area contributed by atoms with Crippen LogP contribution in [0.4, 0.5) is 0 Å². The quantitative estimate of drug-likeness (QED) is 0.283. The average molecular weight is 348 g/mol. The fourth-order valence-corrected chi connectivity index (χ4v) is 2.14. The molecule has 4 nitrogen and oxygen atoms in total. The van der Waals surface area contributed by atoms with Gasteiger partial charge in [0, 0.05) is 0 Å². The number of ether oxygens (including phenoxy) is 2. The summed E-state index contributed by atoms with van der Waals surface area (Å²) in [6.45, 7) is 2.83. The summed E-state index contributed by atoms with van der Waals surface area (Å²) < 4.78 is 12.0. The van der Waals surface area contributed by atoms with Gasteiger partial charge in [0.05, 0.1) is 23.5 Å². The summed E-state index contributed by atoms with van der Waals surface area (Å²) in [5, 5.41) is 3.50. The molecule has 17 heavy (non-hydrogen) atoms. The molecule has 0 unspecified atom stereocenters. The highest BCUT2D eigenvalue weighted by atomic mass is 127. The van der Waals surface area contributed by atoms with E-state index in [4.69, 9.17) is 15.3 Å². The summed E-state index contributed by atoms with van der Waals surface area (Å²) >= 11 is 2.22. The maximum atomic E-state index is 5.72. The van der Waals surface area contributed by atoms with Crippen LogP contribution in [-0.4, -0.2) is 19.9 Å². The van der Waals surface area contributed by atoms with Crippen LogP contribution in [0.25, 0.3) is 0 Å². The number of hydrogen-bond acceptors (Lipinski definition) is 4. The van der Waals surface area contributed by atoms with Gasteiger partial charge in [-0.1, -0.05) is 13.3 Å². The Labute approximate surface area is 115 Å². The van der Waals surface area contributed by atoms with Gasteiger partial charge in [-0.15, -0.1) is 0 Å². The van der Waals surface area contributed by atoms with Crippen LogP contribution in [0.3, 0.4) is 0 Å². The van der Waals surface area contributed by atoms with Gasteiger partial charge in [0.15, 0.2) is 11.5 Å². The first-order valence-corrected chi connectivity index (χ1v) is 6.54. The number of unbranched alkanes of at least 4 members (excludes halogenated alkanes) is 1. The molecule has 0 aromatic heterocycles. The van der Waals surface area contributed by atoms with E-state index in [1.807, 2.05) is 12.1 Å². The number of nitrogens with two attached hydrogens (primary N) is 1. The lowest BCUT2D eigenvalue weighted by Gasteiger charge is -2.13. The second-order valence-electron chi connectivity index (χ2n) is 3.51. The van der Waals surface area contributed by atoms with Gasteiger partial charge in [-0.05, 0) is 46.7 Å². The number of methoxy groups -OCH3 is 1. The first-order chi connectivity index (χ1) is 8.22. The van der Waals surface area contributed by atoms with E-state index in [1.165, 1.54) is 0 Å². The zero-order valence-electron chi connectivity index (χ0n) is 10.1. The Morgan fingerprint density at radius 3 is 2.82 bits per heavy atom. The van der Waals surface area contributed by atoms with Crippen molar-refractivity contribution >= 4 is 28.8 Å². The molecule has 94 valence electrons. The summed E-state index contributed by atoms with van der Waals surface area (Å²) in [5.74, 6) is 6.63. The molecule has 0 bridgehead atoms. The Kier molecular flexibility index (Phi) is 6.10. The third kappa shape index (κ3) is 4.07. The summed E-state index contributed by atoms with van der Waals surface area (Å²) in [6, 6.07) is 3.82. The number of hydrazone groups is 1. The Morgan fingerprint density at radius 2 is 2.24 bits per heavy atom. The third-order valence-electron chi connectivity index (χ3n) is 2.22. The lowest BCUT2D eigenvalue weighted by molar-refractivity contribution is 0.286. The normalized spacial score (nSPS) is 10.8. The van der Waals surface area contributed by atoms with Crippen molar-refractivity contribution in [3.05, 3.63) is 21.3 Å². The van der Waals surface area contributed by atoms with E-state index in [-0.39, 0.29) is 0 Å². The minimum absolute atomic E-state index is 0.702. The summed E-state index contributed by atoms with van der Waals surface area (Å²) in [6.07, 6.45) is 3.72. The molecular formula is C12H17IN2O2. The SMILES string of the molecule is CCCCOc1c(I)cc(C=NN)cc1OC. The highest BCUT2D eigenvalue weighted by Crippen LogP contribution is 2.33. The van der Waals surface area contributed by atoms with Gasteiger partial charge in [0.2, 0.25) is 0 Å². The van der Waals surface area contributed by atoms with Crippen molar-refractivity contribution in [2.24, 2.45) is 10.9 Å². The lowest BCUT2D eigenvalue weighted by Crippen LogP contribution is -2.02. The van der Waals surface area contributed by atoms with Crippen LogP contribution in [-0.2, 0) is 0 Å². The van der Waals surface area contributed by atoms with E-state index in [2.05, 4.69) is 34.6 Å². The Balaban J connectivity index is 2.95. The molecule has 0 aliphatic carbocycles. The van der Waals surface area contributed by atoms with Crippen molar-refractivity contribution in [2.45, 2.75) is 19.8 Å². The van der Waals surface area contributed by atoms with E-state index in [9.17, 15) is 0 Å². The first-order valence-electron chi connectivity index (χ1n) is 5.46. The highest BCUT2D eigenvalue weighted by Gasteiger charge is 2.10. The fraction of sp³-hybridized carbons (Fsp3) is 0.417. The van der Waals surface area contributed by atoms with Gasteiger partial charge in [0.25, 0.3) is 0 Å². The number of nitrogens with zero attached hydrogens (tertiary/aromatic N) is 1. The molecule has 0 aliphatic heterocycles. The first kappa shape index (κ1) is 14.1. The monoisotopic (exact) mass is 348 g/mol. The molecule has 0 atom stereocenters. The van der Waals surface area contributed by atoms with E-state index >= 15 is 0 Å².